The molecule has 62 heavy (non-hydrogen) atoms. The van der Waals surface area contributed by atoms with Crippen molar-refractivity contribution < 1.29 is 0 Å². The summed E-state index contributed by atoms with van der Waals surface area (Å²) in [6.45, 7) is 0. The third-order valence-corrected chi connectivity index (χ3v) is 12.6. The van der Waals surface area contributed by atoms with E-state index in [1.165, 1.54) is 93.2 Å². The first-order valence-electron chi connectivity index (χ1n) is 21.3. The quantitative estimate of drug-likeness (QED) is 0.146. The lowest BCUT2D eigenvalue weighted by Crippen LogP contribution is -2.10. The van der Waals surface area contributed by atoms with E-state index in [9.17, 15) is 0 Å². The molecule has 0 amide bonds. The van der Waals surface area contributed by atoms with Gasteiger partial charge in [0.1, 0.15) is 0 Å². The number of para-hydroxylation sites is 3. The molecule has 12 rings (SSSR count). The lowest BCUT2D eigenvalue weighted by Gasteiger charge is -2.27. The van der Waals surface area contributed by atoms with Crippen LogP contribution in [0.3, 0.4) is 0 Å². The highest BCUT2D eigenvalue weighted by Gasteiger charge is 2.18. The summed E-state index contributed by atoms with van der Waals surface area (Å²) in [6, 6.07) is 88.4. The molecular weight excluding hydrogens is 749 g/mol. The standard InChI is InChI=1S/C60H40N2/c1-4-21-50-42(15-1)17-14-30-57(50)61(48-37-33-43(34-38-48)56-40-46-16-2-3-20-49(46)52-23-5-6-24-53(52)56)47-35-31-41(32-36-47)44-18-13-19-45(39-44)51-22-7-10-27-58(51)62-59-28-11-8-25-54(59)55-26-9-12-29-60(55)62/h1-40H. The average Bonchev–Trinajstić information content (AvgIpc) is 3.69. The second-order valence-electron chi connectivity index (χ2n) is 16.1. The monoisotopic (exact) mass is 788 g/mol. The molecule has 0 fully saturated rings. The molecule has 1 aromatic heterocycles. The first kappa shape index (κ1) is 35.7. The lowest BCUT2D eigenvalue weighted by atomic mass is 9.93. The summed E-state index contributed by atoms with van der Waals surface area (Å²) >= 11 is 0. The number of benzene rings is 11. The van der Waals surface area contributed by atoms with Crippen LogP contribution in [0.5, 0.6) is 0 Å². The number of hydrogen-bond donors (Lipinski definition) is 0. The van der Waals surface area contributed by atoms with Crippen LogP contribution >= 0.6 is 0 Å². The fraction of sp³-hybridized carbons (Fsp3) is 0. The molecule has 0 aliphatic rings. The Labute approximate surface area is 360 Å². The minimum atomic E-state index is 1.10. The SMILES string of the molecule is c1cc(-c2ccc(N(c3ccc(-c4cc5ccccc5c5ccccc45)cc3)c3cccc4ccccc34)cc2)cc(-c2ccccc2-n2c3ccccc3c3ccccc32)c1. The van der Waals surface area contributed by atoms with Crippen LogP contribution in [0.25, 0.3) is 93.2 Å². The van der Waals surface area contributed by atoms with Crippen molar-refractivity contribution in [3.05, 3.63) is 243 Å². The molecule has 0 N–H and O–H groups in total. The van der Waals surface area contributed by atoms with E-state index in [0.717, 1.165) is 17.1 Å². The van der Waals surface area contributed by atoms with Crippen LogP contribution < -0.4 is 4.90 Å². The summed E-state index contributed by atoms with van der Waals surface area (Å²) in [5.74, 6) is 0. The van der Waals surface area contributed by atoms with Gasteiger partial charge in [0.15, 0.2) is 0 Å². The summed E-state index contributed by atoms with van der Waals surface area (Å²) in [5.41, 5.74) is 14.1. The van der Waals surface area contributed by atoms with Gasteiger partial charge in [0.2, 0.25) is 0 Å². The minimum absolute atomic E-state index is 1.10. The van der Waals surface area contributed by atoms with E-state index in [1.807, 2.05) is 0 Å². The van der Waals surface area contributed by atoms with Gasteiger partial charge in [-0.2, -0.15) is 0 Å². The summed E-state index contributed by atoms with van der Waals surface area (Å²) < 4.78 is 2.42. The van der Waals surface area contributed by atoms with E-state index in [1.54, 1.807) is 0 Å². The van der Waals surface area contributed by atoms with Crippen molar-refractivity contribution in [2.75, 3.05) is 4.90 Å². The predicted octanol–water partition coefficient (Wildman–Crippen LogP) is 16.7. The maximum Gasteiger partial charge on any atom is 0.0541 e. The third kappa shape index (κ3) is 5.96. The number of nitrogens with zero attached hydrogens (tertiary/aromatic N) is 2. The third-order valence-electron chi connectivity index (χ3n) is 12.6. The van der Waals surface area contributed by atoms with Crippen LogP contribution in [0.1, 0.15) is 0 Å². The molecule has 0 saturated heterocycles. The Morgan fingerprint density at radius 3 is 1.52 bits per heavy atom. The Morgan fingerprint density at radius 1 is 0.274 bits per heavy atom. The Bertz CT molecular complexity index is 3570. The maximum atomic E-state index is 2.42. The van der Waals surface area contributed by atoms with Gasteiger partial charge in [-0.1, -0.05) is 182 Å². The highest BCUT2D eigenvalue weighted by molar-refractivity contribution is 6.14. The van der Waals surface area contributed by atoms with E-state index >= 15 is 0 Å². The van der Waals surface area contributed by atoms with Gasteiger partial charge < -0.3 is 9.47 Å². The highest BCUT2D eigenvalue weighted by Crippen LogP contribution is 2.42. The fourth-order valence-corrected chi connectivity index (χ4v) is 9.68. The van der Waals surface area contributed by atoms with Crippen LogP contribution in [-0.4, -0.2) is 4.57 Å². The molecule has 1 heterocycles. The predicted molar refractivity (Wildman–Crippen MR) is 264 cm³/mol. The van der Waals surface area contributed by atoms with Gasteiger partial charge in [0.05, 0.1) is 22.4 Å². The maximum absolute atomic E-state index is 2.42. The fourth-order valence-electron chi connectivity index (χ4n) is 9.68. The van der Waals surface area contributed by atoms with E-state index in [2.05, 4.69) is 252 Å². The topological polar surface area (TPSA) is 8.17 Å². The van der Waals surface area contributed by atoms with Crippen LogP contribution in [-0.2, 0) is 0 Å². The molecule has 0 aliphatic heterocycles. The zero-order valence-corrected chi connectivity index (χ0v) is 34.0. The van der Waals surface area contributed by atoms with Crippen molar-refractivity contribution in [2.45, 2.75) is 0 Å². The Hall–Kier alpha value is -8.20. The van der Waals surface area contributed by atoms with Crippen LogP contribution in [0.2, 0.25) is 0 Å². The summed E-state index contributed by atoms with van der Waals surface area (Å²) in [7, 11) is 0. The summed E-state index contributed by atoms with van der Waals surface area (Å²) in [5, 5.41) is 10.0. The molecule has 2 heteroatoms. The second-order valence-corrected chi connectivity index (χ2v) is 16.1. The molecule has 0 saturated carbocycles. The summed E-state index contributed by atoms with van der Waals surface area (Å²) in [4.78, 5) is 2.40. The summed E-state index contributed by atoms with van der Waals surface area (Å²) in [6.07, 6.45) is 0. The van der Waals surface area contributed by atoms with Gasteiger partial charge in [0, 0.05) is 33.1 Å². The Balaban J connectivity index is 0.938. The van der Waals surface area contributed by atoms with Gasteiger partial charge in [-0.05, 0) is 115 Å². The van der Waals surface area contributed by atoms with E-state index in [-0.39, 0.29) is 0 Å². The highest BCUT2D eigenvalue weighted by atomic mass is 15.1. The van der Waals surface area contributed by atoms with Crippen molar-refractivity contribution >= 4 is 71.2 Å². The normalized spacial score (nSPS) is 11.5. The molecule has 11 aromatic carbocycles. The van der Waals surface area contributed by atoms with Crippen molar-refractivity contribution in [3.63, 3.8) is 0 Å². The molecule has 290 valence electrons. The first-order chi connectivity index (χ1) is 30.8. The first-order valence-corrected chi connectivity index (χ1v) is 21.3. The zero-order chi connectivity index (χ0) is 41.0. The smallest absolute Gasteiger partial charge is 0.0541 e. The molecule has 12 aromatic rings. The largest absolute Gasteiger partial charge is 0.310 e. The number of fused-ring (bicyclic) bond motifs is 7. The lowest BCUT2D eigenvalue weighted by molar-refractivity contribution is 1.18. The molecule has 2 nitrogen and oxygen atoms in total. The van der Waals surface area contributed by atoms with Gasteiger partial charge in [0.25, 0.3) is 0 Å². The zero-order valence-electron chi connectivity index (χ0n) is 34.0. The van der Waals surface area contributed by atoms with Crippen LogP contribution in [0.15, 0.2) is 243 Å². The Kier molecular flexibility index (Phi) is 8.53. The van der Waals surface area contributed by atoms with Crippen LogP contribution in [0.4, 0.5) is 17.1 Å². The minimum Gasteiger partial charge on any atom is -0.310 e. The van der Waals surface area contributed by atoms with Crippen molar-refractivity contribution in [1.82, 2.24) is 4.57 Å². The van der Waals surface area contributed by atoms with E-state index in [0.29, 0.717) is 0 Å². The van der Waals surface area contributed by atoms with Crippen molar-refractivity contribution in [1.29, 1.82) is 0 Å². The van der Waals surface area contributed by atoms with Gasteiger partial charge in [-0.25, -0.2) is 0 Å². The molecule has 0 spiro atoms. The molecule has 0 aliphatic carbocycles. The van der Waals surface area contributed by atoms with Crippen molar-refractivity contribution in [3.8, 4) is 39.1 Å². The van der Waals surface area contributed by atoms with Gasteiger partial charge >= 0.3 is 0 Å². The number of hydrogen-bond acceptors (Lipinski definition) is 1. The second kappa shape index (κ2) is 14.8. The molecular formula is C60H40N2. The number of rotatable bonds is 7. The van der Waals surface area contributed by atoms with E-state index < -0.39 is 0 Å². The van der Waals surface area contributed by atoms with Gasteiger partial charge in [-0.15, -0.1) is 0 Å². The molecule has 0 radical (unpaired) electrons. The Morgan fingerprint density at radius 2 is 0.790 bits per heavy atom. The number of aromatic nitrogens is 1. The average molecular weight is 789 g/mol. The molecule has 0 unspecified atom stereocenters. The van der Waals surface area contributed by atoms with Gasteiger partial charge in [-0.3, -0.25) is 0 Å². The van der Waals surface area contributed by atoms with Crippen LogP contribution in [0, 0.1) is 0 Å². The number of anilines is 3. The molecule has 0 atom stereocenters. The van der Waals surface area contributed by atoms with Crippen molar-refractivity contribution in [2.24, 2.45) is 0 Å². The van der Waals surface area contributed by atoms with E-state index in [4.69, 9.17) is 0 Å². The molecule has 0 bridgehead atoms.